The Morgan fingerprint density at radius 3 is 2.66 bits per heavy atom. The van der Waals surface area contributed by atoms with E-state index in [0.29, 0.717) is 32.1 Å². The summed E-state index contributed by atoms with van der Waals surface area (Å²) >= 11 is 0. The lowest BCUT2D eigenvalue weighted by Crippen LogP contribution is -2.29. The van der Waals surface area contributed by atoms with Crippen LogP contribution in [0, 0.1) is 0 Å². The van der Waals surface area contributed by atoms with Crippen molar-refractivity contribution in [3.63, 3.8) is 0 Å². The number of nitrogens with one attached hydrogen (secondary N) is 2. The number of nitrogens with zero attached hydrogens (tertiary/aromatic N) is 2. The number of benzene rings is 2. The molecular formula is C23H26N4O2. The normalized spacial score (nSPS) is 12.8. The van der Waals surface area contributed by atoms with Crippen molar-refractivity contribution in [2.24, 2.45) is 0 Å². The van der Waals surface area contributed by atoms with Crippen molar-refractivity contribution in [1.29, 1.82) is 0 Å². The number of hydrogen-bond donors (Lipinski definition) is 2. The molecule has 29 heavy (non-hydrogen) atoms. The quantitative estimate of drug-likeness (QED) is 0.655. The molecule has 0 fully saturated rings. The summed E-state index contributed by atoms with van der Waals surface area (Å²) in [6, 6.07) is 18.0. The van der Waals surface area contributed by atoms with E-state index in [1.807, 2.05) is 35.0 Å². The molecular weight excluding hydrogens is 364 g/mol. The Bertz CT molecular complexity index is 995. The molecule has 2 amide bonds. The molecule has 0 bridgehead atoms. The van der Waals surface area contributed by atoms with E-state index in [0.717, 1.165) is 16.8 Å². The van der Waals surface area contributed by atoms with Crippen LogP contribution in [0.1, 0.15) is 47.7 Å². The fourth-order valence-corrected chi connectivity index (χ4v) is 3.37. The van der Waals surface area contributed by atoms with Gasteiger partial charge < -0.3 is 10.1 Å². The van der Waals surface area contributed by atoms with E-state index in [1.165, 1.54) is 11.1 Å². The molecule has 150 valence electrons. The predicted octanol–water partition coefficient (Wildman–Crippen LogP) is 4.41. The molecule has 1 aromatic heterocycles. The van der Waals surface area contributed by atoms with Crippen molar-refractivity contribution in [1.82, 2.24) is 15.1 Å². The smallest absolute Gasteiger partial charge is 0.320 e. The number of fused-ring (bicyclic) bond motifs is 1. The molecule has 3 aromatic rings. The van der Waals surface area contributed by atoms with Crippen molar-refractivity contribution in [2.45, 2.75) is 46.1 Å². The molecule has 1 aliphatic rings. The molecule has 2 N–H and O–H groups in total. The van der Waals surface area contributed by atoms with Crippen LogP contribution in [-0.2, 0) is 31.0 Å². The Hall–Kier alpha value is -3.12. The third kappa shape index (κ3) is 4.66. The van der Waals surface area contributed by atoms with E-state index >= 15 is 0 Å². The van der Waals surface area contributed by atoms with Crippen LogP contribution >= 0.6 is 0 Å². The molecule has 1 aliphatic heterocycles. The minimum absolute atomic E-state index is 0.244. The first kappa shape index (κ1) is 19.2. The van der Waals surface area contributed by atoms with Crippen molar-refractivity contribution in [3.05, 3.63) is 82.5 Å². The third-order valence-electron chi connectivity index (χ3n) is 5.05. The average Bonchev–Trinajstić information content (AvgIpc) is 3.34. The number of anilines is 1. The fourth-order valence-electron chi connectivity index (χ4n) is 3.37. The van der Waals surface area contributed by atoms with E-state index in [2.05, 4.69) is 53.8 Å². The number of hydrogen-bond acceptors (Lipinski definition) is 3. The lowest BCUT2D eigenvalue weighted by molar-refractivity contribution is 0.134. The zero-order chi connectivity index (χ0) is 20.2. The number of amides is 2. The summed E-state index contributed by atoms with van der Waals surface area (Å²) in [4.78, 5) is 12.5. The highest BCUT2D eigenvalue weighted by Gasteiger charge is 2.14. The van der Waals surface area contributed by atoms with Gasteiger partial charge in [0.15, 0.2) is 0 Å². The van der Waals surface area contributed by atoms with Crippen LogP contribution < -0.4 is 10.6 Å². The van der Waals surface area contributed by atoms with Gasteiger partial charge in [-0.15, -0.1) is 0 Å². The van der Waals surface area contributed by atoms with Crippen molar-refractivity contribution in [3.8, 4) is 0 Å². The predicted molar refractivity (Wildman–Crippen MR) is 113 cm³/mol. The number of ether oxygens (including phenoxy) is 1. The van der Waals surface area contributed by atoms with Crippen LogP contribution in [0.5, 0.6) is 0 Å². The first-order valence-electron chi connectivity index (χ1n) is 9.93. The van der Waals surface area contributed by atoms with Gasteiger partial charge in [-0.3, -0.25) is 5.32 Å². The Kier molecular flexibility index (Phi) is 5.62. The van der Waals surface area contributed by atoms with Crippen LogP contribution in [0.25, 0.3) is 0 Å². The first-order chi connectivity index (χ1) is 14.1. The summed E-state index contributed by atoms with van der Waals surface area (Å²) in [5, 5.41) is 10.6. The van der Waals surface area contributed by atoms with Crippen LogP contribution in [-0.4, -0.2) is 15.8 Å². The molecule has 0 saturated carbocycles. The highest BCUT2D eigenvalue weighted by Crippen LogP contribution is 2.21. The molecule has 0 spiro atoms. The number of rotatable bonds is 6. The number of urea groups is 1. The maximum atomic E-state index is 12.5. The van der Waals surface area contributed by atoms with Gasteiger partial charge in [-0.2, -0.15) is 5.10 Å². The summed E-state index contributed by atoms with van der Waals surface area (Å²) < 4.78 is 7.29. The second-order valence-corrected chi connectivity index (χ2v) is 7.66. The maximum absolute atomic E-state index is 12.5. The highest BCUT2D eigenvalue weighted by molar-refractivity contribution is 5.88. The van der Waals surface area contributed by atoms with E-state index < -0.39 is 0 Å². The van der Waals surface area contributed by atoms with Gasteiger partial charge >= 0.3 is 6.03 Å². The SMILES string of the molecule is CC(C)c1cc(NC(=O)NCc2ccc3c(c2)COC3)n(Cc2ccccc2)n1. The van der Waals surface area contributed by atoms with E-state index in [-0.39, 0.29) is 11.9 Å². The van der Waals surface area contributed by atoms with Gasteiger partial charge in [0.05, 0.1) is 25.5 Å². The van der Waals surface area contributed by atoms with Crippen LogP contribution in [0.3, 0.4) is 0 Å². The van der Waals surface area contributed by atoms with Crippen LogP contribution in [0.4, 0.5) is 10.6 Å². The highest BCUT2D eigenvalue weighted by atomic mass is 16.5. The largest absolute Gasteiger partial charge is 0.372 e. The van der Waals surface area contributed by atoms with Gasteiger partial charge in [0.2, 0.25) is 0 Å². The fraction of sp³-hybridized carbons (Fsp3) is 0.304. The number of aromatic nitrogens is 2. The van der Waals surface area contributed by atoms with Gasteiger partial charge in [0.25, 0.3) is 0 Å². The summed E-state index contributed by atoms with van der Waals surface area (Å²) in [7, 11) is 0. The third-order valence-corrected chi connectivity index (χ3v) is 5.05. The lowest BCUT2D eigenvalue weighted by Gasteiger charge is -2.11. The first-order valence-corrected chi connectivity index (χ1v) is 9.93. The minimum atomic E-state index is -0.244. The van der Waals surface area contributed by atoms with E-state index in [1.54, 1.807) is 0 Å². The monoisotopic (exact) mass is 390 g/mol. The zero-order valence-electron chi connectivity index (χ0n) is 16.8. The van der Waals surface area contributed by atoms with Gasteiger partial charge in [0, 0.05) is 12.6 Å². The topological polar surface area (TPSA) is 68.2 Å². The molecule has 0 radical (unpaired) electrons. The van der Waals surface area contributed by atoms with Crippen molar-refractivity contribution >= 4 is 11.8 Å². The Morgan fingerprint density at radius 2 is 1.86 bits per heavy atom. The number of carbonyl (C=O) groups excluding carboxylic acids is 1. The molecule has 0 aliphatic carbocycles. The lowest BCUT2D eigenvalue weighted by atomic mass is 10.1. The second-order valence-electron chi connectivity index (χ2n) is 7.66. The van der Waals surface area contributed by atoms with Gasteiger partial charge in [-0.25, -0.2) is 9.48 Å². The molecule has 2 heterocycles. The zero-order valence-corrected chi connectivity index (χ0v) is 16.8. The Morgan fingerprint density at radius 1 is 1.07 bits per heavy atom. The summed E-state index contributed by atoms with van der Waals surface area (Å²) in [6.45, 7) is 6.57. The Balaban J connectivity index is 1.42. The molecule has 4 rings (SSSR count). The summed E-state index contributed by atoms with van der Waals surface area (Å²) in [6.07, 6.45) is 0. The van der Waals surface area contributed by atoms with E-state index in [4.69, 9.17) is 4.74 Å². The van der Waals surface area contributed by atoms with Gasteiger partial charge in [-0.1, -0.05) is 62.4 Å². The van der Waals surface area contributed by atoms with Crippen molar-refractivity contribution < 1.29 is 9.53 Å². The van der Waals surface area contributed by atoms with Crippen LogP contribution in [0.15, 0.2) is 54.6 Å². The molecule has 6 nitrogen and oxygen atoms in total. The number of carbonyl (C=O) groups is 1. The molecule has 0 unspecified atom stereocenters. The molecule has 6 heteroatoms. The molecule has 0 saturated heterocycles. The Labute approximate surface area is 170 Å². The standard InChI is InChI=1S/C23H26N4O2/c1-16(2)21-11-22(27(26-21)13-17-6-4-3-5-7-17)25-23(28)24-12-18-8-9-19-14-29-15-20(19)10-18/h3-11,16H,12-15H2,1-2H3,(H2,24,25,28). The van der Waals surface area contributed by atoms with Gasteiger partial charge in [0.1, 0.15) is 5.82 Å². The van der Waals surface area contributed by atoms with Gasteiger partial charge in [-0.05, 0) is 28.2 Å². The minimum Gasteiger partial charge on any atom is -0.372 e. The molecule has 2 aromatic carbocycles. The molecule has 0 atom stereocenters. The summed E-state index contributed by atoms with van der Waals surface area (Å²) in [5.74, 6) is 0.974. The van der Waals surface area contributed by atoms with E-state index in [9.17, 15) is 4.79 Å². The van der Waals surface area contributed by atoms with Crippen molar-refractivity contribution in [2.75, 3.05) is 5.32 Å². The average molecular weight is 390 g/mol. The summed E-state index contributed by atoms with van der Waals surface area (Å²) in [5.41, 5.74) is 5.58. The maximum Gasteiger partial charge on any atom is 0.320 e. The second kappa shape index (κ2) is 8.49. The van der Waals surface area contributed by atoms with Crippen LogP contribution in [0.2, 0.25) is 0 Å².